The van der Waals surface area contributed by atoms with E-state index in [1.54, 1.807) is 0 Å². The van der Waals surface area contributed by atoms with Crippen LogP contribution in [-0.2, 0) is 21.7 Å². The molecule has 16 rings (SSSR count). The molecule has 6 heteroatoms. The van der Waals surface area contributed by atoms with Gasteiger partial charge in [0.15, 0.2) is 0 Å². The van der Waals surface area contributed by atoms with Crippen molar-refractivity contribution in [3.8, 4) is 11.1 Å². The van der Waals surface area contributed by atoms with E-state index in [-0.39, 0.29) is 35.1 Å². The summed E-state index contributed by atoms with van der Waals surface area (Å²) in [5.41, 5.74) is 29.4. The summed E-state index contributed by atoms with van der Waals surface area (Å²) < 4.78 is 0. The van der Waals surface area contributed by atoms with E-state index in [1.165, 1.54) is 150 Å². The van der Waals surface area contributed by atoms with E-state index in [0.29, 0.717) is 0 Å². The third kappa shape index (κ3) is 8.57. The summed E-state index contributed by atoms with van der Waals surface area (Å²) in [6.45, 7) is 28.2. The van der Waals surface area contributed by atoms with Crippen molar-refractivity contribution in [1.82, 2.24) is 0 Å². The summed E-state index contributed by atoms with van der Waals surface area (Å²) in [5, 5.41) is 4.91. The summed E-state index contributed by atoms with van der Waals surface area (Å²) >= 11 is 0. The van der Waals surface area contributed by atoms with E-state index >= 15 is 0 Å². The third-order valence-corrected chi connectivity index (χ3v) is 19.9. The maximum atomic E-state index is 2.69. The molecule has 4 nitrogen and oxygen atoms in total. The lowest BCUT2D eigenvalue weighted by Crippen LogP contribution is -2.65. The molecule has 0 radical (unpaired) electrons. The number of nitrogens with zero attached hydrogens (tertiary/aromatic N) is 4. The topological polar surface area (TPSA) is 13.0 Å². The average molecular weight is 1160 g/mol. The SMILES string of the molecule is CC(C)(C)c1cc(N2c3cc4c(cc3B3c5ccccc5N(c5ccccc5)c5cccc2c53)B2c3ccccc3N(c3c5ccccc5c(-c5ccccc5)c5ccccc35)c3cccc(c32)N4c2cc(C(C)(C)C)cc(C(C)(C)C)c2)cc(C(C)(C)C)c1. The molecule has 0 unspecified atom stereocenters. The summed E-state index contributed by atoms with van der Waals surface area (Å²) in [7, 11) is 0. The predicted octanol–water partition coefficient (Wildman–Crippen LogP) is 19.0. The van der Waals surface area contributed by atoms with Gasteiger partial charge in [0.05, 0.1) is 5.69 Å². The minimum atomic E-state index is -0.129. The Hall–Kier alpha value is -9.51. The lowest BCUT2D eigenvalue weighted by atomic mass is 9.30. The van der Waals surface area contributed by atoms with Crippen molar-refractivity contribution in [2.75, 3.05) is 19.6 Å². The van der Waals surface area contributed by atoms with E-state index < -0.39 is 0 Å². The first-order chi connectivity index (χ1) is 43.2. The molecule has 0 saturated carbocycles. The molecule has 0 aromatic heterocycles. The number of para-hydroxylation sites is 3. The maximum Gasteiger partial charge on any atom is 0.252 e. The van der Waals surface area contributed by atoms with Crippen LogP contribution in [0, 0.1) is 0 Å². The van der Waals surface area contributed by atoms with E-state index in [4.69, 9.17) is 0 Å². The Kier molecular flexibility index (Phi) is 12.4. The minimum absolute atomic E-state index is 0.0882. The molecule has 4 aliphatic heterocycles. The highest BCUT2D eigenvalue weighted by Crippen LogP contribution is 2.53. The van der Waals surface area contributed by atoms with Crippen molar-refractivity contribution in [3.63, 3.8) is 0 Å². The summed E-state index contributed by atoms with van der Waals surface area (Å²) in [6.07, 6.45) is 0. The van der Waals surface area contributed by atoms with E-state index in [0.717, 1.165) is 5.69 Å². The molecule has 12 aromatic rings. The van der Waals surface area contributed by atoms with Gasteiger partial charge >= 0.3 is 0 Å². The molecule has 4 heterocycles. The summed E-state index contributed by atoms with van der Waals surface area (Å²) in [5.74, 6) is 0. The zero-order valence-electron chi connectivity index (χ0n) is 54.0. The van der Waals surface area contributed by atoms with Gasteiger partial charge in [-0.15, -0.1) is 0 Å². The monoisotopic (exact) mass is 1160 g/mol. The number of benzene rings is 12. The Morgan fingerprint density at radius 3 is 1.00 bits per heavy atom. The van der Waals surface area contributed by atoms with Crippen LogP contribution in [0.25, 0.3) is 32.7 Å². The predicted molar refractivity (Wildman–Crippen MR) is 390 cm³/mol. The van der Waals surface area contributed by atoms with E-state index in [1.807, 2.05) is 0 Å². The van der Waals surface area contributed by atoms with Crippen LogP contribution in [0.4, 0.5) is 68.2 Å². The fourth-order valence-corrected chi connectivity index (χ4v) is 15.4. The van der Waals surface area contributed by atoms with E-state index in [9.17, 15) is 0 Å². The van der Waals surface area contributed by atoms with E-state index in [2.05, 4.69) is 345 Å². The fourth-order valence-electron chi connectivity index (χ4n) is 15.4. The smallest absolute Gasteiger partial charge is 0.252 e. The first-order valence-corrected chi connectivity index (χ1v) is 32.4. The van der Waals surface area contributed by atoms with Crippen LogP contribution < -0.4 is 52.4 Å². The van der Waals surface area contributed by atoms with Gasteiger partial charge in [-0.1, -0.05) is 247 Å². The summed E-state index contributed by atoms with van der Waals surface area (Å²) in [6, 6.07) is 93.3. The first-order valence-electron chi connectivity index (χ1n) is 32.4. The van der Waals surface area contributed by atoms with Crippen molar-refractivity contribution >= 4 is 136 Å². The second-order valence-electron chi connectivity index (χ2n) is 29.8. The molecule has 0 spiro atoms. The quantitative estimate of drug-likeness (QED) is 0.126. The minimum Gasteiger partial charge on any atom is -0.311 e. The van der Waals surface area contributed by atoms with Gasteiger partial charge in [0.25, 0.3) is 13.4 Å². The molecular formula is C84H76B2N4. The highest BCUT2D eigenvalue weighted by atomic mass is 15.2. The summed E-state index contributed by atoms with van der Waals surface area (Å²) in [4.78, 5) is 10.5. The molecule has 0 aliphatic carbocycles. The van der Waals surface area contributed by atoms with Crippen LogP contribution in [0.3, 0.4) is 0 Å². The second-order valence-corrected chi connectivity index (χ2v) is 29.8. The molecule has 0 saturated heterocycles. The normalized spacial score (nSPS) is 14.1. The van der Waals surface area contributed by atoms with Crippen LogP contribution in [0.15, 0.2) is 243 Å². The maximum absolute atomic E-state index is 2.69. The molecule has 0 N–H and O–H groups in total. The Morgan fingerprint density at radius 1 is 0.244 bits per heavy atom. The van der Waals surface area contributed by atoms with Crippen molar-refractivity contribution < 1.29 is 0 Å². The largest absolute Gasteiger partial charge is 0.311 e. The molecule has 0 fully saturated rings. The van der Waals surface area contributed by atoms with Crippen LogP contribution in [-0.4, -0.2) is 13.4 Å². The molecule has 0 amide bonds. The molecule has 4 aliphatic rings. The first kappa shape index (κ1) is 55.8. The lowest BCUT2D eigenvalue weighted by Gasteiger charge is -2.47. The van der Waals surface area contributed by atoms with Gasteiger partial charge in [0, 0.05) is 73.3 Å². The van der Waals surface area contributed by atoms with Gasteiger partial charge in [-0.2, -0.15) is 0 Å². The molecular weight excluding hydrogens is 1090 g/mol. The molecule has 90 heavy (non-hydrogen) atoms. The van der Waals surface area contributed by atoms with Gasteiger partial charge in [-0.25, -0.2) is 0 Å². The Morgan fingerprint density at radius 2 is 0.578 bits per heavy atom. The second kappa shape index (κ2) is 20.0. The number of hydrogen-bond acceptors (Lipinski definition) is 4. The molecule has 438 valence electrons. The van der Waals surface area contributed by atoms with Gasteiger partial charge in [-0.05, 0) is 177 Å². The van der Waals surface area contributed by atoms with Crippen LogP contribution in [0.5, 0.6) is 0 Å². The Bertz CT molecular complexity index is 4800. The zero-order valence-corrected chi connectivity index (χ0v) is 54.0. The van der Waals surface area contributed by atoms with Gasteiger partial charge in [-0.3, -0.25) is 0 Å². The molecule has 12 aromatic carbocycles. The molecule has 0 atom stereocenters. The van der Waals surface area contributed by atoms with Gasteiger partial charge in [0.1, 0.15) is 0 Å². The fraction of sp³-hybridized carbons (Fsp3) is 0.190. The van der Waals surface area contributed by atoms with Crippen molar-refractivity contribution in [1.29, 1.82) is 0 Å². The lowest BCUT2D eigenvalue weighted by molar-refractivity contribution is 0.568. The number of anilines is 12. The van der Waals surface area contributed by atoms with Crippen molar-refractivity contribution in [2.45, 2.75) is 105 Å². The molecule has 0 bridgehead atoms. The Labute approximate surface area is 533 Å². The highest BCUT2D eigenvalue weighted by molar-refractivity contribution is 7.03. The zero-order chi connectivity index (χ0) is 61.9. The number of hydrogen-bond donors (Lipinski definition) is 0. The van der Waals surface area contributed by atoms with Crippen LogP contribution in [0.2, 0.25) is 0 Å². The van der Waals surface area contributed by atoms with Gasteiger partial charge in [0.2, 0.25) is 0 Å². The third-order valence-electron chi connectivity index (χ3n) is 19.9. The average Bonchev–Trinajstić information content (AvgIpc) is 0.690. The standard InChI is InChI=1S/C84H76B2N4/c1-81(2,3)54-45-55(82(4,5)6)48-59(47-54)88-72-42-27-41-71-78(72)85(65-37-23-25-39-69(65)87(71)58-31-17-14-18-32-58)67-51-68-76(52-75(67)88)89(60-49-56(83(7,8)9)46-57(50-60)84(10,11)12)73-43-28-44-74-79(73)86(68)66-38-24-26-40-70(66)90(74)80-63-35-21-19-33-61(63)77(53-29-15-13-16-30-53)62-34-20-22-36-64(62)80/h13-52H,1-12H3. The Balaban J connectivity index is 1.04. The van der Waals surface area contributed by atoms with Crippen LogP contribution >= 0.6 is 0 Å². The van der Waals surface area contributed by atoms with Crippen molar-refractivity contribution in [3.05, 3.63) is 265 Å². The van der Waals surface area contributed by atoms with Gasteiger partial charge < -0.3 is 19.6 Å². The number of fused-ring (bicyclic) bond motifs is 10. The van der Waals surface area contributed by atoms with Crippen LogP contribution in [0.1, 0.15) is 105 Å². The highest BCUT2D eigenvalue weighted by Gasteiger charge is 2.49. The van der Waals surface area contributed by atoms with Crippen molar-refractivity contribution in [2.24, 2.45) is 0 Å². The number of rotatable bonds is 5.